The van der Waals surface area contributed by atoms with Crippen LogP contribution in [0.15, 0.2) is 18.2 Å². The summed E-state index contributed by atoms with van der Waals surface area (Å²) in [4.78, 5) is 41.6. The Morgan fingerprint density at radius 2 is 1.60 bits per heavy atom. The predicted octanol–water partition coefficient (Wildman–Crippen LogP) is 5.33. The van der Waals surface area contributed by atoms with Gasteiger partial charge in [0, 0.05) is 12.1 Å². The quantitative estimate of drug-likeness (QED) is 0.518. The summed E-state index contributed by atoms with van der Waals surface area (Å²) in [6, 6.07) is 4.28. The second-order valence-electron chi connectivity index (χ2n) is 11.0. The number of amides is 3. The van der Waals surface area contributed by atoms with E-state index < -0.39 is 23.8 Å². The van der Waals surface area contributed by atoms with Crippen LogP contribution in [-0.2, 0) is 14.3 Å². The first-order valence-corrected chi connectivity index (χ1v) is 13.0. The summed E-state index contributed by atoms with van der Waals surface area (Å²) in [5.74, 6) is -0.479. The van der Waals surface area contributed by atoms with Crippen LogP contribution in [0.5, 0.6) is 0 Å². The monoisotopic (exact) mass is 487 g/mol. The minimum Gasteiger partial charge on any atom is -0.444 e. The van der Waals surface area contributed by atoms with Crippen molar-refractivity contribution >= 4 is 17.9 Å². The summed E-state index contributed by atoms with van der Waals surface area (Å²) >= 11 is 0. The summed E-state index contributed by atoms with van der Waals surface area (Å²) in [6.07, 6.45) is 5.32. The van der Waals surface area contributed by atoms with Crippen LogP contribution in [-0.4, -0.2) is 46.5 Å². The molecule has 0 radical (unpaired) electrons. The molecule has 196 valence electrons. The van der Waals surface area contributed by atoms with E-state index in [1.807, 2.05) is 39.8 Å². The molecule has 0 spiro atoms. The average Bonchev–Trinajstić information content (AvgIpc) is 2.74. The first kappa shape index (κ1) is 28.7. The molecule has 3 amide bonds. The molecule has 0 aromatic heterocycles. The number of carbonyl (C=O) groups is 3. The highest BCUT2D eigenvalue weighted by Gasteiger charge is 2.38. The van der Waals surface area contributed by atoms with E-state index >= 15 is 0 Å². The topological polar surface area (TPSA) is 87.7 Å². The van der Waals surface area contributed by atoms with Gasteiger partial charge in [0.25, 0.3) is 0 Å². The summed E-state index contributed by atoms with van der Waals surface area (Å²) in [5, 5.41) is 5.90. The number of alkyl carbamates (subject to hydrolysis) is 1. The standard InChI is InChI=1S/C28H45N3O4/c1-9-20(4)31(26(33)21(5)29-27(34)35-28(6,7)8)24(22-16-18(2)15-19(3)17-22)25(32)30-23-13-11-10-12-14-23/h15-17,20-21,23-24H,9-14H2,1-8H3,(H,29,34)(H,30,32). The number of carbonyl (C=O) groups excluding carboxylic acids is 3. The third-order valence-corrected chi connectivity index (χ3v) is 6.46. The lowest BCUT2D eigenvalue weighted by Gasteiger charge is -2.38. The summed E-state index contributed by atoms with van der Waals surface area (Å²) < 4.78 is 5.35. The van der Waals surface area contributed by atoms with Gasteiger partial charge >= 0.3 is 6.09 Å². The molecule has 0 aliphatic heterocycles. The smallest absolute Gasteiger partial charge is 0.408 e. The van der Waals surface area contributed by atoms with Gasteiger partial charge in [-0.05, 0) is 73.3 Å². The largest absolute Gasteiger partial charge is 0.444 e. The molecule has 1 saturated carbocycles. The van der Waals surface area contributed by atoms with E-state index in [9.17, 15) is 14.4 Å². The first-order chi connectivity index (χ1) is 16.3. The Bertz CT molecular complexity index is 866. The van der Waals surface area contributed by atoms with Crippen molar-refractivity contribution in [2.45, 2.75) is 124 Å². The van der Waals surface area contributed by atoms with E-state index in [1.165, 1.54) is 6.42 Å². The minimum absolute atomic E-state index is 0.121. The van der Waals surface area contributed by atoms with Gasteiger partial charge in [0.2, 0.25) is 11.8 Å². The van der Waals surface area contributed by atoms with Crippen molar-refractivity contribution in [3.8, 4) is 0 Å². The van der Waals surface area contributed by atoms with E-state index in [4.69, 9.17) is 4.74 Å². The van der Waals surface area contributed by atoms with Gasteiger partial charge in [-0.25, -0.2) is 4.79 Å². The highest BCUT2D eigenvalue weighted by Crippen LogP contribution is 2.29. The average molecular weight is 488 g/mol. The zero-order valence-electron chi connectivity index (χ0n) is 22.9. The maximum Gasteiger partial charge on any atom is 0.408 e. The zero-order valence-corrected chi connectivity index (χ0v) is 22.9. The Kier molecular flexibility index (Phi) is 10.2. The van der Waals surface area contributed by atoms with Crippen molar-refractivity contribution in [2.75, 3.05) is 0 Å². The fraction of sp³-hybridized carbons (Fsp3) is 0.679. The van der Waals surface area contributed by atoms with Crippen LogP contribution >= 0.6 is 0 Å². The van der Waals surface area contributed by atoms with E-state index in [1.54, 1.807) is 32.6 Å². The maximum absolute atomic E-state index is 13.8. The van der Waals surface area contributed by atoms with Gasteiger partial charge in [0.05, 0.1) is 0 Å². The van der Waals surface area contributed by atoms with Gasteiger partial charge in [-0.1, -0.05) is 55.5 Å². The van der Waals surface area contributed by atoms with Crippen LogP contribution in [0.2, 0.25) is 0 Å². The number of ether oxygens (including phenoxy) is 1. The van der Waals surface area contributed by atoms with Crippen LogP contribution in [0.3, 0.4) is 0 Å². The summed E-state index contributed by atoms with van der Waals surface area (Å²) in [6.45, 7) is 14.9. The lowest BCUT2D eigenvalue weighted by Crippen LogP contribution is -2.55. The normalized spacial score (nSPS) is 17.1. The Morgan fingerprint density at radius 3 is 2.11 bits per heavy atom. The van der Waals surface area contributed by atoms with Crippen LogP contribution in [0.1, 0.15) is 103 Å². The van der Waals surface area contributed by atoms with Crippen LogP contribution < -0.4 is 10.6 Å². The van der Waals surface area contributed by atoms with Crippen molar-refractivity contribution in [3.05, 3.63) is 34.9 Å². The van der Waals surface area contributed by atoms with Crippen molar-refractivity contribution in [3.63, 3.8) is 0 Å². The minimum atomic E-state index is -0.852. The van der Waals surface area contributed by atoms with Gasteiger partial charge in [0.1, 0.15) is 17.7 Å². The first-order valence-electron chi connectivity index (χ1n) is 13.0. The molecular formula is C28H45N3O4. The van der Waals surface area contributed by atoms with Crippen LogP contribution in [0.4, 0.5) is 4.79 Å². The van der Waals surface area contributed by atoms with Gasteiger partial charge in [0.15, 0.2) is 0 Å². The third kappa shape index (κ3) is 8.55. The Hall–Kier alpha value is -2.57. The van der Waals surface area contributed by atoms with Gasteiger partial charge in [-0.15, -0.1) is 0 Å². The molecule has 0 saturated heterocycles. The van der Waals surface area contributed by atoms with Gasteiger partial charge < -0.3 is 20.3 Å². The predicted molar refractivity (Wildman–Crippen MR) is 139 cm³/mol. The van der Waals surface area contributed by atoms with Gasteiger partial charge in [-0.3, -0.25) is 9.59 Å². The lowest BCUT2D eigenvalue weighted by atomic mass is 9.93. The molecule has 1 aliphatic carbocycles. The molecule has 1 aliphatic rings. The number of hydrogen-bond donors (Lipinski definition) is 2. The van der Waals surface area contributed by atoms with E-state index in [0.717, 1.165) is 42.4 Å². The van der Waals surface area contributed by atoms with Crippen molar-refractivity contribution in [1.82, 2.24) is 15.5 Å². The Labute approximate surface area is 211 Å². The SMILES string of the molecule is CCC(C)N(C(=O)C(C)NC(=O)OC(C)(C)C)C(C(=O)NC1CCCCC1)c1cc(C)cc(C)c1. The molecule has 7 nitrogen and oxygen atoms in total. The van der Waals surface area contributed by atoms with Crippen molar-refractivity contribution < 1.29 is 19.1 Å². The summed E-state index contributed by atoms with van der Waals surface area (Å²) in [7, 11) is 0. The second kappa shape index (κ2) is 12.4. The number of benzene rings is 1. The Balaban J connectivity index is 2.42. The maximum atomic E-state index is 13.8. The fourth-order valence-corrected chi connectivity index (χ4v) is 4.70. The van der Waals surface area contributed by atoms with E-state index in [2.05, 4.69) is 16.7 Å². The molecular weight excluding hydrogens is 442 g/mol. The molecule has 1 fully saturated rings. The summed E-state index contributed by atoms with van der Waals surface area (Å²) in [5.41, 5.74) is 2.18. The molecule has 2 rings (SSSR count). The van der Waals surface area contributed by atoms with Crippen LogP contribution in [0, 0.1) is 13.8 Å². The highest BCUT2D eigenvalue weighted by molar-refractivity contribution is 5.92. The number of rotatable bonds is 8. The molecule has 3 unspecified atom stereocenters. The van der Waals surface area contributed by atoms with E-state index in [0.29, 0.717) is 6.42 Å². The number of nitrogens with one attached hydrogen (secondary N) is 2. The van der Waals surface area contributed by atoms with Crippen LogP contribution in [0.25, 0.3) is 0 Å². The number of aryl methyl sites for hydroxylation is 2. The van der Waals surface area contributed by atoms with Gasteiger partial charge in [-0.2, -0.15) is 0 Å². The Morgan fingerprint density at radius 1 is 1.03 bits per heavy atom. The highest BCUT2D eigenvalue weighted by atomic mass is 16.6. The molecule has 0 bridgehead atoms. The molecule has 1 aromatic carbocycles. The zero-order chi connectivity index (χ0) is 26.3. The molecule has 3 atom stereocenters. The van der Waals surface area contributed by atoms with Crippen molar-refractivity contribution in [2.24, 2.45) is 0 Å². The molecule has 1 aromatic rings. The lowest BCUT2D eigenvalue weighted by molar-refractivity contribution is -0.145. The molecule has 0 heterocycles. The fourth-order valence-electron chi connectivity index (χ4n) is 4.70. The second-order valence-corrected chi connectivity index (χ2v) is 11.0. The number of hydrogen-bond acceptors (Lipinski definition) is 4. The number of nitrogens with zero attached hydrogens (tertiary/aromatic N) is 1. The van der Waals surface area contributed by atoms with E-state index in [-0.39, 0.29) is 23.9 Å². The third-order valence-electron chi connectivity index (χ3n) is 6.46. The molecule has 35 heavy (non-hydrogen) atoms. The molecule has 7 heteroatoms. The molecule has 2 N–H and O–H groups in total. The van der Waals surface area contributed by atoms with Crippen molar-refractivity contribution in [1.29, 1.82) is 0 Å².